The summed E-state index contributed by atoms with van der Waals surface area (Å²) in [6, 6.07) is 16.5. The van der Waals surface area contributed by atoms with E-state index < -0.39 is 32.2 Å². The van der Waals surface area contributed by atoms with Gasteiger partial charge in [-0.1, -0.05) is 42.5 Å². The van der Waals surface area contributed by atoms with Crippen molar-refractivity contribution in [1.82, 2.24) is 19.5 Å². The molecule has 0 spiro atoms. The first-order chi connectivity index (χ1) is 18.8. The Morgan fingerprint density at radius 2 is 1.77 bits per heavy atom. The highest BCUT2D eigenvalue weighted by molar-refractivity contribution is 7.52. The van der Waals surface area contributed by atoms with Crippen molar-refractivity contribution in [2.75, 3.05) is 26.1 Å². The van der Waals surface area contributed by atoms with E-state index in [1.165, 1.54) is 19.3 Å². The first kappa shape index (κ1) is 27.2. The molecule has 39 heavy (non-hydrogen) atoms. The van der Waals surface area contributed by atoms with Gasteiger partial charge >= 0.3 is 7.60 Å². The fraction of sp³-hybridized carbons (Fsp3) is 0.346. The van der Waals surface area contributed by atoms with E-state index in [-0.39, 0.29) is 25.6 Å². The Labute approximate surface area is 224 Å². The maximum absolute atomic E-state index is 15.8. The van der Waals surface area contributed by atoms with Crippen molar-refractivity contribution in [2.45, 2.75) is 37.8 Å². The van der Waals surface area contributed by atoms with Crippen LogP contribution in [0.15, 0.2) is 67.3 Å². The highest BCUT2D eigenvalue weighted by Gasteiger charge is 2.48. The SMILES string of the molecule is COc1ccc(CO[C@H]2C(F)[C@@H](COP(C)(=O)OCc3ccccc3)O[C@H]2n2cnc3c(N)ncnc32)cc1. The van der Waals surface area contributed by atoms with Gasteiger partial charge in [0, 0.05) is 6.66 Å². The molecule has 206 valence electrons. The van der Waals surface area contributed by atoms with Gasteiger partial charge in [0.1, 0.15) is 29.8 Å². The Hall–Kier alpha value is -3.41. The van der Waals surface area contributed by atoms with Crippen molar-refractivity contribution in [2.24, 2.45) is 0 Å². The summed E-state index contributed by atoms with van der Waals surface area (Å²) in [6.07, 6.45) is -1.99. The van der Waals surface area contributed by atoms with Crippen LogP contribution in [0.3, 0.4) is 0 Å². The number of fused-ring (bicyclic) bond motifs is 1. The van der Waals surface area contributed by atoms with Crippen molar-refractivity contribution in [3.05, 3.63) is 78.4 Å². The van der Waals surface area contributed by atoms with Crippen LogP contribution in [0, 0.1) is 0 Å². The quantitative estimate of drug-likeness (QED) is 0.266. The van der Waals surface area contributed by atoms with Crippen LogP contribution in [0.4, 0.5) is 10.2 Å². The number of benzene rings is 2. The summed E-state index contributed by atoms with van der Waals surface area (Å²) in [7, 11) is -1.93. The zero-order chi connectivity index (χ0) is 27.4. The fourth-order valence-corrected chi connectivity index (χ4v) is 5.09. The van der Waals surface area contributed by atoms with Crippen LogP contribution in [-0.4, -0.2) is 58.3 Å². The summed E-state index contributed by atoms with van der Waals surface area (Å²) < 4.78 is 58.6. The first-order valence-corrected chi connectivity index (χ1v) is 14.2. The molecule has 2 aromatic heterocycles. The third-order valence-electron chi connectivity index (χ3n) is 6.31. The zero-order valence-corrected chi connectivity index (χ0v) is 22.3. The van der Waals surface area contributed by atoms with Gasteiger partial charge in [0.05, 0.1) is 33.3 Å². The third kappa shape index (κ3) is 6.26. The number of ether oxygens (including phenoxy) is 3. The molecule has 2 N–H and O–H groups in total. The molecule has 0 radical (unpaired) electrons. The summed E-state index contributed by atoms with van der Waals surface area (Å²) in [4.78, 5) is 12.5. The highest BCUT2D eigenvalue weighted by atomic mass is 31.2. The monoisotopic (exact) mass is 557 g/mol. The van der Waals surface area contributed by atoms with Crippen molar-refractivity contribution in [1.29, 1.82) is 0 Å². The molecule has 0 aliphatic carbocycles. The normalized spacial score (nSPS) is 22.6. The average molecular weight is 558 g/mol. The molecule has 13 heteroatoms. The maximum atomic E-state index is 15.8. The molecule has 0 amide bonds. The van der Waals surface area contributed by atoms with E-state index in [1.54, 1.807) is 23.8 Å². The van der Waals surface area contributed by atoms with E-state index in [0.29, 0.717) is 16.9 Å². The molecule has 1 saturated heterocycles. The Kier molecular flexibility index (Phi) is 8.20. The number of nitrogens with two attached hydrogens (primary N) is 1. The van der Waals surface area contributed by atoms with Crippen LogP contribution in [0.1, 0.15) is 17.4 Å². The van der Waals surface area contributed by atoms with Gasteiger partial charge in [-0.05, 0) is 23.3 Å². The van der Waals surface area contributed by atoms with Crippen LogP contribution in [-0.2, 0) is 36.3 Å². The molecule has 4 aromatic rings. The minimum Gasteiger partial charge on any atom is -0.497 e. The lowest BCUT2D eigenvalue weighted by Gasteiger charge is -2.21. The lowest BCUT2D eigenvalue weighted by Crippen LogP contribution is -2.32. The van der Waals surface area contributed by atoms with Gasteiger partial charge in [-0.3, -0.25) is 9.13 Å². The number of halogens is 1. The van der Waals surface area contributed by atoms with Crippen molar-refractivity contribution in [3.8, 4) is 5.75 Å². The van der Waals surface area contributed by atoms with Crippen molar-refractivity contribution in [3.63, 3.8) is 0 Å². The van der Waals surface area contributed by atoms with Gasteiger partial charge in [-0.2, -0.15) is 0 Å². The zero-order valence-electron chi connectivity index (χ0n) is 21.4. The average Bonchev–Trinajstić information content (AvgIpc) is 3.52. The summed E-state index contributed by atoms with van der Waals surface area (Å²) in [5.74, 6) is 0.883. The molecule has 1 aliphatic heterocycles. The largest absolute Gasteiger partial charge is 0.497 e. The van der Waals surface area contributed by atoms with Crippen LogP contribution in [0.25, 0.3) is 11.2 Å². The smallest absolute Gasteiger partial charge is 0.328 e. The number of hydrogen-bond acceptors (Lipinski definition) is 10. The summed E-state index contributed by atoms with van der Waals surface area (Å²) >= 11 is 0. The predicted molar refractivity (Wildman–Crippen MR) is 141 cm³/mol. The molecule has 11 nitrogen and oxygen atoms in total. The molecule has 3 heterocycles. The van der Waals surface area contributed by atoms with E-state index in [2.05, 4.69) is 15.0 Å². The second kappa shape index (κ2) is 11.8. The predicted octanol–water partition coefficient (Wildman–Crippen LogP) is 4.29. The molecule has 5 rings (SSSR count). The summed E-state index contributed by atoms with van der Waals surface area (Å²) in [5.41, 5.74) is 8.31. The number of imidazole rings is 1. The van der Waals surface area contributed by atoms with E-state index in [1.807, 2.05) is 42.5 Å². The van der Waals surface area contributed by atoms with E-state index in [0.717, 1.165) is 11.1 Å². The number of nitrogens with zero attached hydrogens (tertiary/aromatic N) is 4. The maximum Gasteiger partial charge on any atom is 0.328 e. The van der Waals surface area contributed by atoms with Crippen LogP contribution < -0.4 is 10.5 Å². The number of anilines is 1. The molecular weight excluding hydrogens is 528 g/mol. The Bertz CT molecular complexity index is 1440. The number of rotatable bonds is 11. The van der Waals surface area contributed by atoms with E-state index in [9.17, 15) is 4.57 Å². The second-order valence-electron chi connectivity index (χ2n) is 9.04. The minimum atomic E-state index is -3.51. The van der Waals surface area contributed by atoms with Gasteiger partial charge in [0.15, 0.2) is 23.9 Å². The number of aromatic nitrogens is 4. The Balaban J connectivity index is 1.32. The Morgan fingerprint density at radius 1 is 1.03 bits per heavy atom. The van der Waals surface area contributed by atoms with Crippen molar-refractivity contribution < 1.29 is 32.2 Å². The van der Waals surface area contributed by atoms with Gasteiger partial charge < -0.3 is 29.0 Å². The van der Waals surface area contributed by atoms with Crippen molar-refractivity contribution >= 4 is 24.6 Å². The topological polar surface area (TPSA) is 133 Å². The lowest BCUT2D eigenvalue weighted by atomic mass is 10.1. The number of alkyl halides is 1. The Morgan fingerprint density at radius 3 is 2.51 bits per heavy atom. The molecule has 2 aromatic carbocycles. The molecule has 0 bridgehead atoms. The van der Waals surface area contributed by atoms with Crippen LogP contribution >= 0.6 is 7.60 Å². The standard InChI is InChI=1S/C26H29FN5O6P/c1-34-19-10-8-18(9-11-19)12-35-23-21(27)20(14-37-39(2,33)36-13-17-6-4-3-5-7-17)38-26(23)32-16-31-22-24(28)29-15-30-25(22)32/h3-11,15-16,20-21,23,26H,12-14H2,1-2H3,(H2,28,29,30)/t20-,21?,23+,26-,39?/m1/s1. The molecule has 2 unspecified atom stereocenters. The third-order valence-corrected chi connectivity index (χ3v) is 7.53. The van der Waals surface area contributed by atoms with Crippen LogP contribution in [0.2, 0.25) is 0 Å². The van der Waals surface area contributed by atoms with Gasteiger partial charge in [0.2, 0.25) is 0 Å². The van der Waals surface area contributed by atoms with Gasteiger partial charge in [0.25, 0.3) is 0 Å². The number of nitrogen functional groups attached to an aromatic ring is 1. The van der Waals surface area contributed by atoms with E-state index in [4.69, 9.17) is 29.0 Å². The molecular formula is C26H29FN5O6P. The van der Waals surface area contributed by atoms with Gasteiger partial charge in [-0.25, -0.2) is 19.3 Å². The highest BCUT2D eigenvalue weighted by Crippen LogP contribution is 2.46. The molecule has 0 saturated carbocycles. The van der Waals surface area contributed by atoms with Gasteiger partial charge in [-0.15, -0.1) is 0 Å². The number of methoxy groups -OCH3 is 1. The van der Waals surface area contributed by atoms with Crippen LogP contribution in [0.5, 0.6) is 5.75 Å². The lowest BCUT2D eigenvalue weighted by molar-refractivity contribution is -0.0733. The second-order valence-corrected chi connectivity index (χ2v) is 11.1. The molecule has 1 fully saturated rings. The molecule has 5 atom stereocenters. The molecule has 1 aliphatic rings. The minimum absolute atomic E-state index is 0.0948. The summed E-state index contributed by atoms with van der Waals surface area (Å²) in [5, 5.41) is 0. The summed E-state index contributed by atoms with van der Waals surface area (Å²) in [6.45, 7) is 1.24. The fourth-order valence-electron chi connectivity index (χ4n) is 4.21. The number of hydrogen-bond donors (Lipinski definition) is 1. The van der Waals surface area contributed by atoms with E-state index >= 15 is 4.39 Å². The first-order valence-electron chi connectivity index (χ1n) is 12.2.